The van der Waals surface area contributed by atoms with Gasteiger partial charge >= 0.3 is 7.12 Å². The van der Waals surface area contributed by atoms with Crippen LogP contribution in [0.15, 0.2) is 23.2 Å². The van der Waals surface area contributed by atoms with Gasteiger partial charge in [-0.3, -0.25) is 4.79 Å². The molecule has 0 bridgehead atoms. The lowest BCUT2D eigenvalue weighted by atomic mass is 9.73. The van der Waals surface area contributed by atoms with Crippen molar-refractivity contribution in [3.8, 4) is 0 Å². The Labute approximate surface area is 127 Å². The number of carbonyl (C=O) groups is 1. The molecule has 0 atom stereocenters. The number of hydrogen-bond donors (Lipinski definition) is 1. The topological polar surface area (TPSA) is 47.6 Å². The Balaban J connectivity index is 1.67. The van der Waals surface area contributed by atoms with E-state index in [0.717, 1.165) is 36.7 Å². The molecule has 3 aliphatic rings. The van der Waals surface area contributed by atoms with Crippen LogP contribution in [-0.2, 0) is 14.1 Å². The Kier molecular flexibility index (Phi) is 3.53. The van der Waals surface area contributed by atoms with Crippen molar-refractivity contribution in [1.29, 1.82) is 0 Å². The fourth-order valence-corrected chi connectivity index (χ4v) is 2.54. The summed E-state index contributed by atoms with van der Waals surface area (Å²) < 4.78 is 12.1. The molecule has 21 heavy (non-hydrogen) atoms. The zero-order valence-corrected chi connectivity index (χ0v) is 13.4. The molecule has 1 saturated heterocycles. The highest BCUT2D eigenvalue weighted by molar-refractivity contribution is 6.54. The van der Waals surface area contributed by atoms with E-state index in [9.17, 15) is 4.79 Å². The molecule has 114 valence electrons. The molecule has 2 fully saturated rings. The summed E-state index contributed by atoms with van der Waals surface area (Å²) in [7, 11) is -0.292. The van der Waals surface area contributed by atoms with Gasteiger partial charge in [-0.2, -0.15) is 0 Å². The van der Waals surface area contributed by atoms with E-state index in [1.807, 2.05) is 12.2 Å². The zero-order chi connectivity index (χ0) is 15.3. The van der Waals surface area contributed by atoms with Gasteiger partial charge in [0.1, 0.15) is 0 Å². The Hall–Kier alpha value is -1.07. The van der Waals surface area contributed by atoms with E-state index in [-0.39, 0.29) is 24.2 Å². The lowest BCUT2D eigenvalue weighted by Crippen LogP contribution is -2.41. The number of allylic oxidation sites excluding steroid dienone is 3. The van der Waals surface area contributed by atoms with Gasteiger partial charge in [-0.15, -0.1) is 0 Å². The van der Waals surface area contributed by atoms with Crippen molar-refractivity contribution >= 4 is 13.0 Å². The van der Waals surface area contributed by atoms with Crippen LogP contribution in [0.1, 0.15) is 53.4 Å². The summed E-state index contributed by atoms with van der Waals surface area (Å²) >= 11 is 0. The molecule has 1 saturated carbocycles. The van der Waals surface area contributed by atoms with Crippen LogP contribution in [-0.4, -0.2) is 30.3 Å². The molecular formula is C16H24BNO3. The van der Waals surface area contributed by atoms with Crippen LogP contribution < -0.4 is 5.32 Å². The quantitative estimate of drug-likeness (QED) is 0.812. The number of amides is 1. The van der Waals surface area contributed by atoms with Crippen molar-refractivity contribution in [2.45, 2.75) is 70.6 Å². The average molecular weight is 289 g/mol. The van der Waals surface area contributed by atoms with E-state index in [1.54, 1.807) is 0 Å². The number of carbonyl (C=O) groups excluding carboxylic acids is 1. The normalized spacial score (nSPS) is 27.1. The van der Waals surface area contributed by atoms with Crippen LogP contribution in [0.5, 0.6) is 0 Å². The first-order valence-electron chi connectivity index (χ1n) is 7.85. The van der Waals surface area contributed by atoms with Crippen LogP contribution in [0.3, 0.4) is 0 Å². The fraction of sp³-hybridized carbons (Fsp3) is 0.688. The Morgan fingerprint density at radius 1 is 1.14 bits per heavy atom. The summed E-state index contributed by atoms with van der Waals surface area (Å²) in [6.07, 6.45) is 7.73. The Morgan fingerprint density at radius 2 is 1.76 bits per heavy atom. The lowest BCUT2D eigenvalue weighted by Gasteiger charge is -2.32. The molecule has 0 aromatic carbocycles. The summed E-state index contributed by atoms with van der Waals surface area (Å²) in [6, 6.07) is 0.409. The third kappa shape index (κ3) is 2.95. The van der Waals surface area contributed by atoms with E-state index in [1.165, 1.54) is 0 Å². The molecule has 2 aliphatic carbocycles. The van der Waals surface area contributed by atoms with Crippen LogP contribution in [0.2, 0.25) is 0 Å². The summed E-state index contributed by atoms with van der Waals surface area (Å²) in [4.78, 5) is 12.0. The minimum absolute atomic E-state index is 0.0849. The van der Waals surface area contributed by atoms with Gasteiger partial charge in [0.25, 0.3) is 0 Å². The van der Waals surface area contributed by atoms with E-state index in [4.69, 9.17) is 9.31 Å². The van der Waals surface area contributed by atoms with Gasteiger partial charge in [0.15, 0.2) is 0 Å². The SMILES string of the molecule is CC1(C)OB(C2=CC=C(C(=O)NC3CC3)CC2)OC1(C)C. The molecule has 0 aromatic heterocycles. The first-order chi connectivity index (χ1) is 9.78. The number of hydrogen-bond acceptors (Lipinski definition) is 3. The molecule has 4 nitrogen and oxygen atoms in total. The molecular weight excluding hydrogens is 265 g/mol. The van der Waals surface area contributed by atoms with Gasteiger partial charge in [0.2, 0.25) is 5.91 Å². The van der Waals surface area contributed by atoms with E-state index >= 15 is 0 Å². The van der Waals surface area contributed by atoms with Gasteiger partial charge in [0, 0.05) is 11.6 Å². The molecule has 0 aromatic rings. The maximum absolute atomic E-state index is 12.0. The largest absolute Gasteiger partial charge is 0.490 e. The first-order valence-corrected chi connectivity index (χ1v) is 7.85. The van der Waals surface area contributed by atoms with Gasteiger partial charge in [-0.1, -0.05) is 12.2 Å². The maximum atomic E-state index is 12.0. The molecule has 3 rings (SSSR count). The predicted molar refractivity (Wildman–Crippen MR) is 82.6 cm³/mol. The third-order valence-corrected chi connectivity index (χ3v) is 4.94. The number of nitrogens with one attached hydrogen (secondary N) is 1. The van der Waals surface area contributed by atoms with Crippen molar-refractivity contribution in [3.05, 3.63) is 23.2 Å². The average Bonchev–Trinajstić information content (AvgIpc) is 3.17. The van der Waals surface area contributed by atoms with Crippen molar-refractivity contribution in [3.63, 3.8) is 0 Å². The first kappa shape index (κ1) is 14.9. The molecule has 0 radical (unpaired) electrons. The van der Waals surface area contributed by atoms with Crippen molar-refractivity contribution in [1.82, 2.24) is 5.32 Å². The highest BCUT2D eigenvalue weighted by atomic mass is 16.7. The van der Waals surface area contributed by atoms with Crippen LogP contribution in [0, 0.1) is 0 Å². The summed E-state index contributed by atoms with van der Waals surface area (Å²) in [6.45, 7) is 8.23. The van der Waals surface area contributed by atoms with Crippen molar-refractivity contribution < 1.29 is 14.1 Å². The molecule has 1 N–H and O–H groups in total. The predicted octanol–water partition coefficient (Wildman–Crippen LogP) is 2.54. The van der Waals surface area contributed by atoms with Crippen molar-refractivity contribution in [2.24, 2.45) is 0 Å². The van der Waals surface area contributed by atoms with Crippen molar-refractivity contribution in [2.75, 3.05) is 0 Å². The summed E-state index contributed by atoms with van der Waals surface area (Å²) in [5.74, 6) is 0.0849. The second kappa shape index (κ2) is 4.99. The third-order valence-electron chi connectivity index (χ3n) is 4.94. The van der Waals surface area contributed by atoms with E-state index < -0.39 is 0 Å². The second-order valence-corrected chi connectivity index (χ2v) is 7.27. The lowest BCUT2D eigenvalue weighted by molar-refractivity contribution is -0.117. The summed E-state index contributed by atoms with van der Waals surface area (Å²) in [5.41, 5.74) is 1.36. The van der Waals surface area contributed by atoms with Gasteiger partial charge in [-0.25, -0.2) is 0 Å². The van der Waals surface area contributed by atoms with Crippen LogP contribution >= 0.6 is 0 Å². The maximum Gasteiger partial charge on any atom is 0.490 e. The molecule has 0 unspecified atom stereocenters. The zero-order valence-electron chi connectivity index (χ0n) is 13.4. The monoisotopic (exact) mass is 289 g/mol. The minimum atomic E-state index is -0.314. The second-order valence-electron chi connectivity index (χ2n) is 7.27. The molecule has 1 heterocycles. The Bertz CT molecular complexity index is 502. The smallest absolute Gasteiger partial charge is 0.400 e. The molecule has 1 amide bonds. The molecule has 1 aliphatic heterocycles. The van der Waals surface area contributed by atoms with Gasteiger partial charge < -0.3 is 14.6 Å². The fourth-order valence-electron chi connectivity index (χ4n) is 2.54. The van der Waals surface area contributed by atoms with E-state index in [2.05, 4.69) is 33.0 Å². The highest BCUT2D eigenvalue weighted by Gasteiger charge is 2.52. The Morgan fingerprint density at radius 3 is 2.24 bits per heavy atom. The minimum Gasteiger partial charge on any atom is -0.400 e. The van der Waals surface area contributed by atoms with Crippen LogP contribution in [0.25, 0.3) is 0 Å². The molecule has 5 heteroatoms. The number of rotatable bonds is 3. The highest BCUT2D eigenvalue weighted by Crippen LogP contribution is 2.40. The standard InChI is InChI=1S/C16H24BNO3/c1-15(2)16(3,4)21-17(20-15)12-7-5-11(6-8-12)14(19)18-13-9-10-13/h5,7,13H,6,8-10H2,1-4H3,(H,18,19). The molecule has 0 spiro atoms. The van der Waals surface area contributed by atoms with Crippen LogP contribution in [0.4, 0.5) is 0 Å². The van der Waals surface area contributed by atoms with Gasteiger partial charge in [0.05, 0.1) is 11.2 Å². The summed E-state index contributed by atoms with van der Waals surface area (Å²) in [5, 5.41) is 3.04. The van der Waals surface area contributed by atoms with Gasteiger partial charge in [-0.05, 0) is 58.9 Å². The van der Waals surface area contributed by atoms with E-state index in [0.29, 0.717) is 6.04 Å².